The van der Waals surface area contributed by atoms with Crippen LogP contribution in [0.3, 0.4) is 0 Å². The van der Waals surface area contributed by atoms with Crippen molar-refractivity contribution in [2.45, 2.75) is 13.3 Å². The summed E-state index contributed by atoms with van der Waals surface area (Å²) in [5.41, 5.74) is 4.18. The summed E-state index contributed by atoms with van der Waals surface area (Å²) < 4.78 is 1.70. The molecular weight excluding hydrogens is 367 g/mol. The summed E-state index contributed by atoms with van der Waals surface area (Å²) in [5, 5.41) is 14.4. The quantitative estimate of drug-likeness (QED) is 0.441. The van der Waals surface area contributed by atoms with Crippen molar-refractivity contribution in [3.8, 4) is 22.4 Å². The first-order valence-corrected chi connectivity index (χ1v) is 9.00. The summed E-state index contributed by atoms with van der Waals surface area (Å²) >= 11 is 12.5. The molecule has 0 spiro atoms. The van der Waals surface area contributed by atoms with Crippen LogP contribution in [-0.4, -0.2) is 16.0 Å². The zero-order valence-electron chi connectivity index (χ0n) is 14.5. The van der Waals surface area contributed by atoms with Gasteiger partial charge in [0.1, 0.15) is 5.69 Å². The van der Waals surface area contributed by atoms with Crippen LogP contribution in [0.15, 0.2) is 64.8 Å². The molecule has 26 heavy (non-hydrogen) atoms. The average molecular weight is 385 g/mol. The molecule has 1 aromatic heterocycles. The predicted molar refractivity (Wildman–Crippen MR) is 108 cm³/mol. The van der Waals surface area contributed by atoms with Crippen molar-refractivity contribution in [3.05, 3.63) is 70.1 Å². The molecule has 0 aliphatic carbocycles. The molecule has 0 saturated heterocycles. The SMILES string of the molecule is CC/C=N/N=c1/cc(-c2ccc(Cl)cc2)c(-c2ccccc2Cl)nn1C. The molecule has 3 aromatic rings. The Morgan fingerprint density at radius 3 is 2.46 bits per heavy atom. The number of aryl methyl sites for hydroxylation is 1. The van der Waals surface area contributed by atoms with Crippen molar-refractivity contribution >= 4 is 29.4 Å². The molecule has 0 fully saturated rings. The number of nitrogens with zero attached hydrogens (tertiary/aromatic N) is 4. The van der Waals surface area contributed by atoms with Gasteiger partial charge in [0.05, 0.1) is 5.02 Å². The van der Waals surface area contributed by atoms with Crippen molar-refractivity contribution in [3.63, 3.8) is 0 Å². The van der Waals surface area contributed by atoms with E-state index < -0.39 is 0 Å². The van der Waals surface area contributed by atoms with Gasteiger partial charge in [0, 0.05) is 29.4 Å². The zero-order chi connectivity index (χ0) is 18.5. The third-order valence-electron chi connectivity index (χ3n) is 3.82. The fourth-order valence-electron chi connectivity index (χ4n) is 2.52. The number of rotatable bonds is 4. The zero-order valence-corrected chi connectivity index (χ0v) is 16.0. The van der Waals surface area contributed by atoms with Gasteiger partial charge in [-0.1, -0.05) is 60.5 Å². The molecule has 0 radical (unpaired) electrons. The molecule has 0 atom stereocenters. The predicted octanol–water partition coefficient (Wildman–Crippen LogP) is 5.36. The lowest BCUT2D eigenvalue weighted by molar-refractivity contribution is 0.689. The summed E-state index contributed by atoms with van der Waals surface area (Å²) in [6.07, 6.45) is 2.58. The second-order valence-corrected chi connectivity index (χ2v) is 6.53. The lowest BCUT2D eigenvalue weighted by atomic mass is 10.00. The van der Waals surface area contributed by atoms with Crippen molar-refractivity contribution in [2.24, 2.45) is 17.3 Å². The number of hydrogen-bond donors (Lipinski definition) is 0. The molecule has 0 aliphatic rings. The Bertz CT molecular complexity index is 1010. The third-order valence-corrected chi connectivity index (χ3v) is 4.40. The monoisotopic (exact) mass is 384 g/mol. The van der Waals surface area contributed by atoms with Crippen molar-refractivity contribution in [1.29, 1.82) is 0 Å². The van der Waals surface area contributed by atoms with Crippen molar-refractivity contribution < 1.29 is 0 Å². The van der Waals surface area contributed by atoms with Crippen LogP contribution < -0.4 is 5.49 Å². The Kier molecular flexibility index (Phi) is 5.86. The number of hydrogen-bond acceptors (Lipinski definition) is 3. The first-order chi connectivity index (χ1) is 12.6. The van der Waals surface area contributed by atoms with E-state index in [1.54, 1.807) is 10.9 Å². The largest absolute Gasteiger partial charge is 0.249 e. The topological polar surface area (TPSA) is 42.5 Å². The molecular formula is C20H18Cl2N4. The Morgan fingerprint density at radius 2 is 1.77 bits per heavy atom. The first kappa shape index (κ1) is 18.4. The highest BCUT2D eigenvalue weighted by molar-refractivity contribution is 6.33. The standard InChI is InChI=1S/C20H18Cl2N4/c1-3-12-23-24-19-13-17(14-8-10-15(21)11-9-14)20(25-26(19)2)16-6-4-5-7-18(16)22/h4-13H,3H2,1-2H3/b23-12+,24-19-. The molecule has 4 nitrogen and oxygen atoms in total. The van der Waals surface area contributed by atoms with Gasteiger partial charge in [0.25, 0.3) is 0 Å². The highest BCUT2D eigenvalue weighted by Gasteiger charge is 2.14. The van der Waals surface area contributed by atoms with E-state index in [-0.39, 0.29) is 0 Å². The molecule has 132 valence electrons. The normalized spacial score (nSPS) is 12.1. The highest BCUT2D eigenvalue weighted by Crippen LogP contribution is 2.33. The molecule has 2 aromatic carbocycles. The minimum absolute atomic E-state index is 0.643. The minimum Gasteiger partial charge on any atom is -0.249 e. The van der Waals surface area contributed by atoms with Crippen molar-refractivity contribution in [2.75, 3.05) is 0 Å². The number of aromatic nitrogens is 2. The van der Waals surface area contributed by atoms with Gasteiger partial charge in [-0.05, 0) is 36.2 Å². The van der Waals surface area contributed by atoms with Crippen LogP contribution in [0, 0.1) is 0 Å². The van der Waals surface area contributed by atoms with E-state index >= 15 is 0 Å². The van der Waals surface area contributed by atoms with Crippen LogP contribution in [0.5, 0.6) is 0 Å². The van der Waals surface area contributed by atoms with Gasteiger partial charge >= 0.3 is 0 Å². The second-order valence-electron chi connectivity index (χ2n) is 5.68. The van der Waals surface area contributed by atoms with Gasteiger partial charge in [-0.3, -0.25) is 0 Å². The maximum absolute atomic E-state index is 6.42. The number of benzene rings is 2. The molecule has 0 N–H and O–H groups in total. The summed E-state index contributed by atoms with van der Waals surface area (Å²) in [6.45, 7) is 2.01. The van der Waals surface area contributed by atoms with Gasteiger partial charge in [-0.25, -0.2) is 4.68 Å². The average Bonchev–Trinajstić information content (AvgIpc) is 2.64. The van der Waals surface area contributed by atoms with Crippen LogP contribution in [0.2, 0.25) is 10.0 Å². The number of halogens is 2. The van der Waals surface area contributed by atoms with Gasteiger partial charge in [-0.15, -0.1) is 5.10 Å². The maximum Gasteiger partial charge on any atom is 0.171 e. The highest BCUT2D eigenvalue weighted by atomic mass is 35.5. The lowest BCUT2D eigenvalue weighted by Gasteiger charge is -2.12. The van der Waals surface area contributed by atoms with Gasteiger partial charge < -0.3 is 0 Å². The van der Waals surface area contributed by atoms with Crippen LogP contribution >= 0.6 is 23.2 Å². The van der Waals surface area contributed by atoms with Gasteiger partial charge in [0.2, 0.25) is 0 Å². The molecule has 0 bridgehead atoms. The second kappa shape index (κ2) is 8.30. The van der Waals surface area contributed by atoms with Crippen molar-refractivity contribution in [1.82, 2.24) is 9.78 Å². The molecule has 0 aliphatic heterocycles. The van der Waals surface area contributed by atoms with Crippen LogP contribution in [0.1, 0.15) is 13.3 Å². The van der Waals surface area contributed by atoms with Crippen LogP contribution in [0.4, 0.5) is 0 Å². The Hall–Kier alpha value is -2.43. The minimum atomic E-state index is 0.643. The van der Waals surface area contributed by atoms with E-state index in [1.165, 1.54) is 0 Å². The Morgan fingerprint density at radius 1 is 1.04 bits per heavy atom. The Balaban J connectivity index is 2.28. The van der Waals surface area contributed by atoms with E-state index in [4.69, 9.17) is 28.3 Å². The molecule has 3 rings (SSSR count). The maximum atomic E-state index is 6.42. The first-order valence-electron chi connectivity index (χ1n) is 8.25. The Labute approximate surface area is 162 Å². The summed E-state index contributed by atoms with van der Waals surface area (Å²) in [7, 11) is 1.84. The smallest absolute Gasteiger partial charge is 0.171 e. The van der Waals surface area contributed by atoms with Crippen LogP contribution in [-0.2, 0) is 7.05 Å². The van der Waals surface area contributed by atoms with Gasteiger partial charge in [-0.2, -0.15) is 10.2 Å². The van der Waals surface area contributed by atoms with E-state index in [0.717, 1.165) is 28.8 Å². The van der Waals surface area contributed by atoms with Gasteiger partial charge in [0.15, 0.2) is 5.49 Å². The molecule has 0 unspecified atom stereocenters. The summed E-state index contributed by atoms with van der Waals surface area (Å²) in [5.74, 6) is 0. The molecule has 0 amide bonds. The third kappa shape index (κ3) is 4.03. The lowest BCUT2D eigenvalue weighted by Crippen LogP contribution is -2.21. The fraction of sp³-hybridized carbons (Fsp3) is 0.150. The van der Waals surface area contributed by atoms with Crippen LogP contribution in [0.25, 0.3) is 22.4 Å². The fourth-order valence-corrected chi connectivity index (χ4v) is 2.87. The van der Waals surface area contributed by atoms with E-state index in [9.17, 15) is 0 Å². The summed E-state index contributed by atoms with van der Waals surface area (Å²) in [4.78, 5) is 0. The molecule has 1 heterocycles. The summed E-state index contributed by atoms with van der Waals surface area (Å²) in [6, 6.07) is 17.2. The van der Waals surface area contributed by atoms with E-state index in [2.05, 4.69) is 10.2 Å². The molecule has 6 heteroatoms. The van der Waals surface area contributed by atoms with E-state index in [1.807, 2.05) is 68.6 Å². The van der Waals surface area contributed by atoms with E-state index in [0.29, 0.717) is 15.5 Å². The molecule has 0 saturated carbocycles.